The number of hydrogen-bond donors (Lipinski definition) is 1. The number of sulfonamides is 1. The van der Waals surface area contributed by atoms with E-state index in [-0.39, 0.29) is 30.1 Å². The molecule has 1 aliphatic heterocycles. The fraction of sp³-hybridized carbons (Fsp3) is 0.286. The Morgan fingerprint density at radius 1 is 1.18 bits per heavy atom. The fourth-order valence-electron chi connectivity index (χ4n) is 3.26. The van der Waals surface area contributed by atoms with Crippen molar-refractivity contribution in [3.8, 4) is 6.07 Å². The van der Waals surface area contributed by atoms with Crippen LogP contribution in [0.4, 0.5) is 13.2 Å². The van der Waals surface area contributed by atoms with E-state index in [9.17, 15) is 31.2 Å². The third-order valence-electron chi connectivity index (χ3n) is 4.84. The van der Waals surface area contributed by atoms with Crippen molar-refractivity contribution < 1.29 is 31.2 Å². The number of nitrogens with one attached hydrogen (secondary N) is 1. The molecule has 1 fully saturated rings. The molecule has 0 aromatic heterocycles. The molecular formula is C21H19F3N4O4S. The number of piperazine rings is 1. The van der Waals surface area contributed by atoms with Gasteiger partial charge in [0.15, 0.2) is 0 Å². The molecule has 12 heteroatoms. The van der Waals surface area contributed by atoms with Gasteiger partial charge in [0.2, 0.25) is 15.9 Å². The third-order valence-corrected chi connectivity index (χ3v) is 6.68. The van der Waals surface area contributed by atoms with Crippen molar-refractivity contribution in [3.05, 3.63) is 65.2 Å². The van der Waals surface area contributed by atoms with Gasteiger partial charge in [-0.15, -0.1) is 0 Å². The second-order valence-corrected chi connectivity index (χ2v) is 9.24. The van der Waals surface area contributed by atoms with E-state index in [1.807, 2.05) is 6.07 Å². The Morgan fingerprint density at radius 2 is 1.88 bits per heavy atom. The lowest BCUT2D eigenvalue weighted by Gasteiger charge is -2.26. The maximum absolute atomic E-state index is 13.2. The molecule has 0 saturated carbocycles. The number of nitrogens with zero attached hydrogens (tertiary/aromatic N) is 3. The van der Waals surface area contributed by atoms with E-state index in [1.165, 1.54) is 42.5 Å². The molecule has 0 spiro atoms. The topological polar surface area (TPSA) is 111 Å². The van der Waals surface area contributed by atoms with Crippen molar-refractivity contribution >= 4 is 21.8 Å². The van der Waals surface area contributed by atoms with Crippen molar-refractivity contribution in [1.29, 1.82) is 5.26 Å². The van der Waals surface area contributed by atoms with Crippen molar-refractivity contribution in [2.75, 3.05) is 26.2 Å². The molecule has 0 aliphatic carbocycles. The standard InChI is InChI=1S/C21H19F3N4O4S/c22-21(23,24)14-27(12-16-6-4-15(11-25)5-7-16)20(30)17-2-1-3-18(10-17)33(31,32)28-9-8-26-19(29)13-28/h1-7,10H,8-9,12-14H2,(H,26,29). The summed E-state index contributed by atoms with van der Waals surface area (Å²) in [5, 5.41) is 11.4. The average Bonchev–Trinajstić information content (AvgIpc) is 2.78. The predicted molar refractivity (Wildman–Crippen MR) is 110 cm³/mol. The van der Waals surface area contributed by atoms with Crippen LogP contribution in [0.3, 0.4) is 0 Å². The molecule has 0 unspecified atom stereocenters. The fourth-order valence-corrected chi connectivity index (χ4v) is 4.71. The average molecular weight is 480 g/mol. The van der Waals surface area contributed by atoms with Gasteiger partial charge in [-0.2, -0.15) is 22.7 Å². The van der Waals surface area contributed by atoms with Crippen LogP contribution < -0.4 is 5.32 Å². The molecule has 3 rings (SSSR count). The number of carbonyl (C=O) groups excluding carboxylic acids is 2. The van der Waals surface area contributed by atoms with Crippen molar-refractivity contribution in [1.82, 2.24) is 14.5 Å². The first kappa shape index (κ1) is 24.2. The highest BCUT2D eigenvalue weighted by Gasteiger charge is 2.34. The summed E-state index contributed by atoms with van der Waals surface area (Å²) in [5.74, 6) is -1.49. The molecule has 2 aromatic rings. The molecule has 0 radical (unpaired) electrons. The molecule has 1 N–H and O–H groups in total. The van der Waals surface area contributed by atoms with E-state index in [1.54, 1.807) is 0 Å². The lowest BCUT2D eigenvalue weighted by molar-refractivity contribution is -0.141. The molecule has 8 nitrogen and oxygen atoms in total. The molecule has 33 heavy (non-hydrogen) atoms. The van der Waals surface area contributed by atoms with Crippen molar-refractivity contribution in [3.63, 3.8) is 0 Å². The number of nitriles is 1. The first-order valence-electron chi connectivity index (χ1n) is 9.71. The first-order valence-corrected chi connectivity index (χ1v) is 11.2. The molecule has 1 aliphatic rings. The summed E-state index contributed by atoms with van der Waals surface area (Å²) in [6.45, 7) is -2.17. The SMILES string of the molecule is N#Cc1ccc(CN(CC(F)(F)F)C(=O)c2cccc(S(=O)(=O)N3CCNC(=O)C3)c2)cc1. The first-order chi connectivity index (χ1) is 15.5. The monoisotopic (exact) mass is 480 g/mol. The third kappa shape index (κ3) is 6.09. The molecular weight excluding hydrogens is 461 g/mol. The summed E-state index contributed by atoms with van der Waals surface area (Å²) in [5.41, 5.74) is 0.446. The minimum Gasteiger partial charge on any atom is -0.354 e. The van der Waals surface area contributed by atoms with Gasteiger partial charge in [0.25, 0.3) is 5.91 Å². The highest BCUT2D eigenvalue weighted by molar-refractivity contribution is 7.89. The Hall–Kier alpha value is -3.43. The highest BCUT2D eigenvalue weighted by Crippen LogP contribution is 2.23. The summed E-state index contributed by atoms with van der Waals surface area (Å²) in [7, 11) is -4.13. The van der Waals surface area contributed by atoms with E-state index < -0.39 is 41.1 Å². The van der Waals surface area contributed by atoms with Crippen LogP contribution in [0.2, 0.25) is 0 Å². The largest absolute Gasteiger partial charge is 0.406 e. The maximum Gasteiger partial charge on any atom is 0.406 e. The molecule has 1 saturated heterocycles. The highest BCUT2D eigenvalue weighted by atomic mass is 32.2. The van der Waals surface area contributed by atoms with Gasteiger partial charge in [0, 0.05) is 25.2 Å². The van der Waals surface area contributed by atoms with E-state index in [0.717, 1.165) is 10.4 Å². The Bertz CT molecular complexity index is 1190. The lowest BCUT2D eigenvalue weighted by atomic mass is 10.1. The van der Waals surface area contributed by atoms with Crippen LogP contribution in [0.25, 0.3) is 0 Å². The van der Waals surface area contributed by atoms with Crippen LogP contribution in [0.5, 0.6) is 0 Å². The van der Waals surface area contributed by atoms with Crippen LogP contribution in [-0.2, 0) is 21.4 Å². The summed E-state index contributed by atoms with van der Waals surface area (Å²) in [6.07, 6.45) is -4.69. The molecule has 1 heterocycles. The zero-order chi connectivity index (χ0) is 24.2. The van der Waals surface area contributed by atoms with E-state index >= 15 is 0 Å². The lowest BCUT2D eigenvalue weighted by Crippen LogP contribution is -2.49. The molecule has 0 atom stereocenters. The van der Waals surface area contributed by atoms with Gasteiger partial charge in [0.1, 0.15) is 6.54 Å². The number of halogens is 3. The number of amides is 2. The molecule has 174 valence electrons. The van der Waals surface area contributed by atoms with Crippen LogP contribution in [0, 0.1) is 11.3 Å². The van der Waals surface area contributed by atoms with Crippen LogP contribution in [-0.4, -0.2) is 61.8 Å². The summed E-state index contributed by atoms with van der Waals surface area (Å²) >= 11 is 0. The predicted octanol–water partition coefficient (Wildman–Crippen LogP) is 1.88. The molecule has 2 amide bonds. The normalized spacial score (nSPS) is 14.9. The minimum absolute atomic E-state index is 0.0329. The number of hydrogen-bond acceptors (Lipinski definition) is 5. The van der Waals surface area contributed by atoms with Gasteiger partial charge in [-0.05, 0) is 35.9 Å². The van der Waals surface area contributed by atoms with E-state index in [0.29, 0.717) is 16.0 Å². The number of alkyl halides is 3. The Kier molecular flexibility index (Phi) is 7.04. The quantitative estimate of drug-likeness (QED) is 0.679. The van der Waals surface area contributed by atoms with Gasteiger partial charge in [-0.3, -0.25) is 9.59 Å². The van der Waals surface area contributed by atoms with Crippen molar-refractivity contribution in [2.24, 2.45) is 0 Å². The number of rotatable bonds is 6. The van der Waals surface area contributed by atoms with Crippen molar-refractivity contribution in [2.45, 2.75) is 17.6 Å². The summed E-state index contributed by atoms with van der Waals surface area (Å²) < 4.78 is 66.2. The Balaban J connectivity index is 1.89. The second kappa shape index (κ2) is 9.60. The number of benzene rings is 2. The molecule has 0 bridgehead atoms. The minimum atomic E-state index is -4.69. The van der Waals surface area contributed by atoms with Gasteiger partial charge in [-0.1, -0.05) is 18.2 Å². The smallest absolute Gasteiger partial charge is 0.354 e. The van der Waals surface area contributed by atoms with Crippen LogP contribution in [0.15, 0.2) is 53.4 Å². The zero-order valence-corrected chi connectivity index (χ0v) is 18.0. The van der Waals surface area contributed by atoms with Crippen LogP contribution in [0.1, 0.15) is 21.5 Å². The van der Waals surface area contributed by atoms with E-state index in [4.69, 9.17) is 5.26 Å². The maximum atomic E-state index is 13.2. The van der Waals surface area contributed by atoms with Crippen LogP contribution >= 0.6 is 0 Å². The van der Waals surface area contributed by atoms with Gasteiger partial charge >= 0.3 is 6.18 Å². The Labute approximate surface area is 188 Å². The molecule has 2 aromatic carbocycles. The van der Waals surface area contributed by atoms with Gasteiger partial charge in [0.05, 0.1) is 23.1 Å². The Morgan fingerprint density at radius 3 is 2.48 bits per heavy atom. The number of carbonyl (C=O) groups is 2. The van der Waals surface area contributed by atoms with E-state index in [2.05, 4.69) is 5.32 Å². The second-order valence-electron chi connectivity index (χ2n) is 7.30. The van der Waals surface area contributed by atoms with Gasteiger partial charge in [-0.25, -0.2) is 8.42 Å². The zero-order valence-electron chi connectivity index (χ0n) is 17.2. The van der Waals surface area contributed by atoms with Gasteiger partial charge < -0.3 is 10.2 Å². The summed E-state index contributed by atoms with van der Waals surface area (Å²) in [4.78, 5) is 24.8. The summed E-state index contributed by atoms with van der Waals surface area (Å²) in [6, 6.07) is 12.3.